The molecule has 2 rings (SSSR count). The molecule has 6 heteroatoms. The predicted molar refractivity (Wildman–Crippen MR) is 95.5 cm³/mol. The van der Waals surface area contributed by atoms with Gasteiger partial charge in [-0.15, -0.1) is 0 Å². The van der Waals surface area contributed by atoms with E-state index < -0.39 is 13.0 Å². The van der Waals surface area contributed by atoms with Crippen LogP contribution in [0, 0.1) is 0 Å². The summed E-state index contributed by atoms with van der Waals surface area (Å²) in [6.45, 7) is 1.47. The van der Waals surface area contributed by atoms with Crippen molar-refractivity contribution >= 4 is 0 Å². The monoisotopic (exact) mass is 407 g/mol. The van der Waals surface area contributed by atoms with Gasteiger partial charge in [0.05, 0.1) is 0 Å². The second-order valence-corrected chi connectivity index (χ2v) is 5.82. The zero-order valence-electron chi connectivity index (χ0n) is 18.4. The highest BCUT2D eigenvalue weighted by Crippen LogP contribution is 1.95. The summed E-state index contributed by atoms with van der Waals surface area (Å²) < 4.78 is 35.7. The van der Waals surface area contributed by atoms with Crippen LogP contribution in [-0.2, 0) is 6.54 Å². The molecule has 0 bridgehead atoms. The largest absolute Gasteiger partial charge is 1.00 e. The summed E-state index contributed by atoms with van der Waals surface area (Å²) in [6, 6.07) is 5.92. The Hall–Kier alpha value is -0.530. The van der Waals surface area contributed by atoms with E-state index in [0.717, 1.165) is 52.0 Å². The summed E-state index contributed by atoms with van der Waals surface area (Å²) >= 11 is 0. The van der Waals surface area contributed by atoms with Gasteiger partial charge >= 0.3 is 0 Å². The van der Waals surface area contributed by atoms with E-state index in [-0.39, 0.29) is 17.0 Å². The second kappa shape index (κ2) is 14.8. The number of rotatable bonds is 4. The van der Waals surface area contributed by atoms with Crippen LogP contribution in [-0.4, -0.2) is 63.7 Å². The molecule has 0 amide bonds. The van der Waals surface area contributed by atoms with Gasteiger partial charge in [-0.3, -0.25) is 0 Å². The molecule has 0 saturated carbocycles. The lowest BCUT2D eigenvalue weighted by Crippen LogP contribution is -3.00. The number of aryl methyl sites for hydroxylation is 1. The van der Waals surface area contributed by atoms with Crippen LogP contribution in [0.1, 0.15) is 24.7 Å². The zero-order valence-corrected chi connectivity index (χ0v) is 16.0. The summed E-state index contributed by atoms with van der Waals surface area (Å²) in [5, 5.41) is 9.47. The molecule has 0 aromatic carbocycles. The van der Waals surface area contributed by atoms with Gasteiger partial charge in [0, 0.05) is 56.7 Å². The number of halogens is 1. The normalized spacial score (nSPS) is 25.8. The third-order valence-electron chi connectivity index (χ3n) is 3.84. The summed E-state index contributed by atoms with van der Waals surface area (Å²) in [6.07, 6.45) is 6.31. The van der Waals surface area contributed by atoms with Crippen molar-refractivity contribution in [3.63, 3.8) is 0 Å². The molecule has 2 heterocycles. The minimum atomic E-state index is -2.11. The fourth-order valence-electron chi connectivity index (χ4n) is 2.56. The Bertz CT molecular complexity index is 536. The van der Waals surface area contributed by atoms with Gasteiger partial charge in [0.15, 0.2) is 12.4 Å². The molecule has 1 aliphatic heterocycles. The predicted octanol–water partition coefficient (Wildman–Crippen LogP) is -2.77. The van der Waals surface area contributed by atoms with Crippen LogP contribution in [0.3, 0.4) is 0 Å². The Morgan fingerprint density at radius 2 is 1.62 bits per heavy atom. The fourth-order valence-corrected chi connectivity index (χ4v) is 2.56. The first-order chi connectivity index (χ1) is 12.9. The average Bonchev–Trinajstić information content (AvgIpc) is 2.64. The van der Waals surface area contributed by atoms with Crippen LogP contribution in [0.25, 0.3) is 0 Å². The standard InChI is InChI=1S/C18H34N5.BrH/c1-2-13-22(14-3-1)16-6-17-23-15-5-9-20-11-10-19-7-4-8-21-12-18-23;/h1-3,13-14,19-21H,4-12,15-18H2;1H/q+1;/p-1/i12T2,18T2;. The molecular formula is C18H34BrN5. The van der Waals surface area contributed by atoms with E-state index >= 15 is 0 Å². The van der Waals surface area contributed by atoms with Crippen molar-refractivity contribution in [1.29, 1.82) is 0 Å². The Morgan fingerprint density at radius 3 is 2.42 bits per heavy atom. The molecule has 0 unspecified atom stereocenters. The van der Waals surface area contributed by atoms with E-state index in [0.29, 0.717) is 19.6 Å². The third kappa shape index (κ3) is 10.4. The zero-order chi connectivity index (χ0) is 19.6. The maximum atomic E-state index is 8.51. The Kier molecular flexibility index (Phi) is 9.67. The van der Waals surface area contributed by atoms with Crippen LogP contribution in [0.5, 0.6) is 0 Å². The van der Waals surface area contributed by atoms with Gasteiger partial charge < -0.3 is 37.8 Å². The smallest absolute Gasteiger partial charge is 0.168 e. The van der Waals surface area contributed by atoms with Gasteiger partial charge in [-0.25, -0.2) is 4.57 Å². The summed E-state index contributed by atoms with van der Waals surface area (Å²) in [5.74, 6) is 0. The molecule has 1 aromatic heterocycles. The maximum absolute atomic E-state index is 8.51. The van der Waals surface area contributed by atoms with Gasteiger partial charge in [0.1, 0.15) is 6.54 Å². The molecule has 1 aliphatic rings. The molecule has 24 heavy (non-hydrogen) atoms. The number of hydrogen-bond donors (Lipinski definition) is 3. The highest BCUT2D eigenvalue weighted by molar-refractivity contribution is 4.83. The Morgan fingerprint density at radius 1 is 0.917 bits per heavy atom. The van der Waals surface area contributed by atoms with Crippen molar-refractivity contribution in [3.05, 3.63) is 30.6 Å². The maximum Gasteiger partial charge on any atom is 0.168 e. The molecule has 0 atom stereocenters. The van der Waals surface area contributed by atoms with Crippen molar-refractivity contribution in [1.82, 2.24) is 20.9 Å². The lowest BCUT2D eigenvalue weighted by Gasteiger charge is -2.22. The first-order valence-corrected chi connectivity index (χ1v) is 8.79. The Labute approximate surface area is 163 Å². The van der Waals surface area contributed by atoms with Crippen molar-refractivity contribution in [2.75, 3.05) is 58.8 Å². The van der Waals surface area contributed by atoms with E-state index in [1.807, 2.05) is 30.6 Å². The number of hydrogen-bond acceptors (Lipinski definition) is 4. The van der Waals surface area contributed by atoms with E-state index in [2.05, 4.69) is 20.5 Å². The molecule has 0 aliphatic carbocycles. The lowest BCUT2D eigenvalue weighted by atomic mass is 10.3. The highest BCUT2D eigenvalue weighted by Gasteiger charge is 2.07. The first kappa shape index (κ1) is 15.7. The average molecular weight is 408 g/mol. The molecule has 1 aromatic rings. The van der Waals surface area contributed by atoms with Gasteiger partial charge in [0.25, 0.3) is 0 Å². The summed E-state index contributed by atoms with van der Waals surface area (Å²) in [5.41, 5.74) is 0. The quantitative estimate of drug-likeness (QED) is 0.473. The van der Waals surface area contributed by atoms with Crippen molar-refractivity contribution < 1.29 is 27.0 Å². The van der Waals surface area contributed by atoms with E-state index in [1.54, 1.807) is 4.90 Å². The minimum absolute atomic E-state index is 0. The molecule has 1 saturated heterocycles. The topological polar surface area (TPSA) is 43.2 Å². The van der Waals surface area contributed by atoms with Crippen LogP contribution < -0.4 is 37.5 Å². The minimum Gasteiger partial charge on any atom is -1.00 e. The van der Waals surface area contributed by atoms with Crippen molar-refractivity contribution in [2.45, 2.75) is 25.8 Å². The van der Waals surface area contributed by atoms with E-state index in [4.69, 9.17) is 5.48 Å². The van der Waals surface area contributed by atoms with E-state index in [1.165, 1.54) is 0 Å². The summed E-state index contributed by atoms with van der Waals surface area (Å²) in [4.78, 5) is 1.66. The fraction of sp³-hybridized carbons (Fsp3) is 0.722. The lowest BCUT2D eigenvalue weighted by molar-refractivity contribution is -0.697. The SMILES string of the molecule is [3H]C1([3H])NCCCNCCNCCCN(CCC[n+]2ccccc2)C1([3H])[3H].[Br-]. The molecule has 0 radical (unpaired) electrons. The summed E-state index contributed by atoms with van der Waals surface area (Å²) in [7, 11) is 0. The molecule has 3 N–H and O–H groups in total. The molecule has 138 valence electrons. The van der Waals surface area contributed by atoms with Gasteiger partial charge in [-0.2, -0.15) is 0 Å². The number of nitrogens with zero attached hydrogens (tertiary/aromatic N) is 2. The Balaban J connectivity index is 0.00000392. The number of pyridine rings is 1. The number of nitrogens with one attached hydrogen (secondary N) is 3. The highest BCUT2D eigenvalue weighted by atomic mass is 79.9. The van der Waals surface area contributed by atoms with Gasteiger partial charge in [-0.05, 0) is 39.0 Å². The molecule has 1 fully saturated rings. The van der Waals surface area contributed by atoms with Crippen molar-refractivity contribution in [2.24, 2.45) is 0 Å². The van der Waals surface area contributed by atoms with E-state index in [9.17, 15) is 0 Å². The van der Waals surface area contributed by atoms with Crippen LogP contribution in [0.15, 0.2) is 30.6 Å². The van der Waals surface area contributed by atoms with Gasteiger partial charge in [0.2, 0.25) is 0 Å². The molecular weight excluding hydrogens is 366 g/mol. The second-order valence-electron chi connectivity index (χ2n) is 5.82. The first-order valence-electron chi connectivity index (χ1n) is 10.8. The van der Waals surface area contributed by atoms with Gasteiger partial charge in [-0.1, -0.05) is 6.07 Å². The molecule has 0 spiro atoms. The van der Waals surface area contributed by atoms with Crippen LogP contribution in [0.2, 0.25) is 0 Å². The number of aromatic nitrogens is 1. The van der Waals surface area contributed by atoms with Crippen LogP contribution in [0.4, 0.5) is 0 Å². The van der Waals surface area contributed by atoms with Crippen LogP contribution >= 0.6 is 0 Å². The third-order valence-corrected chi connectivity index (χ3v) is 3.84. The molecule has 5 nitrogen and oxygen atoms in total. The van der Waals surface area contributed by atoms with Crippen molar-refractivity contribution in [3.8, 4) is 0 Å².